The Morgan fingerprint density at radius 2 is 1.44 bits per heavy atom. The Morgan fingerprint density at radius 3 is 1.96 bits per heavy atom. The molecule has 0 bridgehead atoms. The highest BCUT2D eigenvalue weighted by molar-refractivity contribution is 6.39. The quantitative estimate of drug-likeness (QED) is 0.305. The van der Waals surface area contributed by atoms with Crippen LogP contribution in [0, 0.1) is 23.2 Å². The van der Waals surface area contributed by atoms with Crippen molar-refractivity contribution in [1.82, 2.24) is 4.90 Å². The summed E-state index contributed by atoms with van der Waals surface area (Å²) in [4.78, 5) is 31.7. The number of nitrogens with zero attached hydrogens (tertiary/aromatic N) is 3. The summed E-state index contributed by atoms with van der Waals surface area (Å²) in [6.07, 6.45) is 11.3. The Kier molecular flexibility index (Phi) is 5.05. The first-order chi connectivity index (χ1) is 13.0. The summed E-state index contributed by atoms with van der Waals surface area (Å²) in [7, 11) is 0. The number of hydrogen-bond acceptors (Lipinski definition) is 4. The highest BCUT2D eigenvalue weighted by Gasteiger charge is 2.55. The second-order valence-electron chi connectivity index (χ2n) is 8.82. The molecule has 27 heavy (non-hydrogen) atoms. The predicted molar refractivity (Wildman–Crippen MR) is 103 cm³/mol. The summed E-state index contributed by atoms with van der Waals surface area (Å²) in [5.74, 6) is -0.282. The van der Waals surface area contributed by atoms with E-state index in [4.69, 9.17) is 16.6 Å². The van der Waals surface area contributed by atoms with Crippen molar-refractivity contribution in [3.05, 3.63) is 0 Å². The molecule has 1 saturated heterocycles. The lowest BCUT2D eigenvalue weighted by molar-refractivity contribution is -0.135. The molecule has 6 heteroatoms. The maximum Gasteiger partial charge on any atom is 0.238 e. The van der Waals surface area contributed by atoms with Crippen LogP contribution in [0.4, 0.5) is 0 Å². The van der Waals surface area contributed by atoms with E-state index in [9.17, 15) is 14.9 Å². The van der Waals surface area contributed by atoms with Crippen LogP contribution < -0.4 is 0 Å². The number of aliphatic imine (C=N–C) groups is 1. The van der Waals surface area contributed by atoms with Gasteiger partial charge in [0.1, 0.15) is 16.2 Å². The van der Waals surface area contributed by atoms with Crippen LogP contribution in [0.2, 0.25) is 0 Å². The number of amides is 2. The fraction of sp³-hybridized carbons (Fsp3) is 0.810. The van der Waals surface area contributed by atoms with Crippen molar-refractivity contribution in [1.29, 1.82) is 5.26 Å². The maximum atomic E-state index is 13.1. The number of fused-ring (bicyclic) bond motifs is 1. The molecule has 3 aliphatic carbocycles. The van der Waals surface area contributed by atoms with Crippen LogP contribution in [-0.2, 0) is 9.59 Å². The van der Waals surface area contributed by atoms with Gasteiger partial charge in [-0.15, -0.1) is 11.6 Å². The van der Waals surface area contributed by atoms with Gasteiger partial charge in [0.15, 0.2) is 0 Å². The van der Waals surface area contributed by atoms with E-state index in [1.54, 1.807) is 0 Å². The molecule has 2 atom stereocenters. The second kappa shape index (κ2) is 7.20. The summed E-state index contributed by atoms with van der Waals surface area (Å²) in [6.45, 7) is 0. The second-order valence-corrected chi connectivity index (χ2v) is 9.54. The molecule has 146 valence electrons. The van der Waals surface area contributed by atoms with Crippen LogP contribution >= 0.6 is 11.6 Å². The molecular weight excluding hydrogens is 362 g/mol. The summed E-state index contributed by atoms with van der Waals surface area (Å²) >= 11 is 7.06. The van der Waals surface area contributed by atoms with Gasteiger partial charge in [0.25, 0.3) is 0 Å². The molecule has 3 saturated carbocycles. The Bertz CT molecular complexity index is 677. The van der Waals surface area contributed by atoms with Crippen LogP contribution in [0.1, 0.15) is 83.5 Å². The molecule has 2 unspecified atom stereocenters. The van der Waals surface area contributed by atoms with E-state index in [1.165, 1.54) is 4.90 Å². The normalized spacial score (nSPS) is 33.0. The number of rotatable bonds is 2. The van der Waals surface area contributed by atoms with Gasteiger partial charge in [-0.2, -0.15) is 5.26 Å². The number of nitriles is 1. The van der Waals surface area contributed by atoms with Crippen LogP contribution in [0.5, 0.6) is 0 Å². The van der Waals surface area contributed by atoms with Gasteiger partial charge in [-0.25, -0.2) is 9.89 Å². The van der Waals surface area contributed by atoms with Gasteiger partial charge >= 0.3 is 0 Å². The van der Waals surface area contributed by atoms with Gasteiger partial charge in [-0.3, -0.25) is 9.59 Å². The Balaban J connectivity index is 1.77. The van der Waals surface area contributed by atoms with Crippen LogP contribution in [0.25, 0.3) is 0 Å². The third-order valence-corrected chi connectivity index (χ3v) is 7.61. The average Bonchev–Trinajstić information content (AvgIpc) is 3.26. The number of halogens is 1. The lowest BCUT2D eigenvalue weighted by Crippen LogP contribution is -2.51. The fourth-order valence-electron chi connectivity index (χ4n) is 5.47. The van der Waals surface area contributed by atoms with E-state index < -0.39 is 10.4 Å². The van der Waals surface area contributed by atoms with Crippen LogP contribution in [0.3, 0.4) is 0 Å². The Hall–Kier alpha value is -1.41. The van der Waals surface area contributed by atoms with E-state index >= 15 is 0 Å². The lowest BCUT2D eigenvalue weighted by atomic mass is 9.82. The van der Waals surface area contributed by atoms with E-state index in [2.05, 4.69) is 6.07 Å². The summed E-state index contributed by atoms with van der Waals surface area (Å²) in [6, 6.07) is 2.41. The number of imide groups is 1. The van der Waals surface area contributed by atoms with E-state index in [0.29, 0.717) is 31.5 Å². The number of alkyl halides is 1. The predicted octanol–water partition coefficient (Wildman–Crippen LogP) is 4.34. The molecule has 1 heterocycles. The minimum absolute atomic E-state index is 0.129. The monoisotopic (exact) mass is 389 g/mol. The molecule has 0 N–H and O–H groups in total. The lowest BCUT2D eigenvalue weighted by Gasteiger charge is -2.38. The van der Waals surface area contributed by atoms with Crippen molar-refractivity contribution in [3.63, 3.8) is 0 Å². The van der Waals surface area contributed by atoms with Gasteiger partial charge in [0.05, 0.1) is 17.9 Å². The van der Waals surface area contributed by atoms with E-state index in [1.807, 2.05) is 0 Å². The highest BCUT2D eigenvalue weighted by atomic mass is 35.5. The number of likely N-dealkylation sites (tertiary alicyclic amines) is 1. The topological polar surface area (TPSA) is 73.5 Å². The Labute approximate surface area is 166 Å². The maximum absolute atomic E-state index is 13.1. The number of carbonyl (C=O) groups excluding carboxylic acids is 2. The molecule has 4 fully saturated rings. The number of amidine groups is 1. The third kappa shape index (κ3) is 3.20. The molecular formula is C21H28ClN3O2. The van der Waals surface area contributed by atoms with Gasteiger partial charge in [0, 0.05) is 0 Å². The SMILES string of the molecule is N#CC1(N=C(N2C(=O)C3CCCC3C2=O)C2(Cl)CCCCC2)CCCCC1. The molecule has 0 aromatic carbocycles. The van der Waals surface area contributed by atoms with E-state index in [-0.39, 0.29) is 23.7 Å². The van der Waals surface area contributed by atoms with Crippen molar-refractivity contribution in [2.24, 2.45) is 16.8 Å². The molecule has 5 nitrogen and oxygen atoms in total. The first kappa shape index (κ1) is 18.9. The van der Waals surface area contributed by atoms with Gasteiger partial charge in [0.2, 0.25) is 11.8 Å². The summed E-state index contributed by atoms with van der Waals surface area (Å²) < 4.78 is 0. The molecule has 0 spiro atoms. The van der Waals surface area contributed by atoms with Crippen molar-refractivity contribution >= 4 is 29.3 Å². The minimum Gasteiger partial charge on any atom is -0.274 e. The third-order valence-electron chi connectivity index (χ3n) is 7.06. The van der Waals surface area contributed by atoms with E-state index in [0.717, 1.165) is 57.8 Å². The zero-order valence-electron chi connectivity index (χ0n) is 15.9. The van der Waals surface area contributed by atoms with Crippen molar-refractivity contribution in [2.45, 2.75) is 93.9 Å². The average molecular weight is 390 g/mol. The van der Waals surface area contributed by atoms with Gasteiger partial charge < -0.3 is 0 Å². The van der Waals surface area contributed by atoms with Crippen molar-refractivity contribution in [3.8, 4) is 6.07 Å². The molecule has 4 rings (SSSR count). The molecule has 0 radical (unpaired) electrons. The zero-order valence-corrected chi connectivity index (χ0v) is 16.6. The van der Waals surface area contributed by atoms with Crippen LogP contribution in [0.15, 0.2) is 4.99 Å². The summed E-state index contributed by atoms with van der Waals surface area (Å²) in [5, 5.41) is 9.92. The zero-order chi connectivity index (χ0) is 19.1. The Morgan fingerprint density at radius 1 is 0.926 bits per heavy atom. The molecule has 0 aromatic rings. The summed E-state index contributed by atoms with van der Waals surface area (Å²) in [5.41, 5.74) is -0.842. The molecule has 4 aliphatic rings. The fourth-order valence-corrected chi connectivity index (χ4v) is 5.87. The smallest absolute Gasteiger partial charge is 0.238 e. The van der Waals surface area contributed by atoms with Crippen LogP contribution in [-0.4, -0.2) is 33.0 Å². The standard InChI is InChI=1S/C21H28ClN3O2/c22-21(12-5-2-6-13-21)19(24-20(14-23)10-3-1-4-11-20)25-17(26)15-8-7-9-16(15)18(25)27/h15-16H,1-13H2. The molecule has 0 aromatic heterocycles. The number of carbonyl (C=O) groups is 2. The molecule has 1 aliphatic heterocycles. The largest absolute Gasteiger partial charge is 0.274 e. The first-order valence-electron chi connectivity index (χ1n) is 10.6. The van der Waals surface area contributed by atoms with Crippen molar-refractivity contribution < 1.29 is 9.59 Å². The van der Waals surface area contributed by atoms with Gasteiger partial charge in [-0.05, 0) is 51.4 Å². The highest BCUT2D eigenvalue weighted by Crippen LogP contribution is 2.45. The first-order valence-corrected chi connectivity index (χ1v) is 11.0. The van der Waals surface area contributed by atoms with Gasteiger partial charge in [-0.1, -0.05) is 32.1 Å². The van der Waals surface area contributed by atoms with Crippen molar-refractivity contribution in [2.75, 3.05) is 0 Å². The molecule has 2 amide bonds. The number of hydrogen-bond donors (Lipinski definition) is 0. The minimum atomic E-state index is -0.842.